The fourth-order valence-corrected chi connectivity index (χ4v) is 4.51. The summed E-state index contributed by atoms with van der Waals surface area (Å²) in [5, 5.41) is 10.6. The van der Waals surface area contributed by atoms with E-state index in [9.17, 15) is 9.90 Å². The van der Waals surface area contributed by atoms with Gasteiger partial charge in [-0.2, -0.15) is 0 Å². The van der Waals surface area contributed by atoms with E-state index in [2.05, 4.69) is 25.8 Å². The van der Waals surface area contributed by atoms with E-state index in [0.29, 0.717) is 29.4 Å². The minimum Gasteiger partial charge on any atom is -0.497 e. The Morgan fingerprint density at radius 3 is 2.61 bits per heavy atom. The second-order valence-electron chi connectivity index (χ2n) is 6.77. The quantitative estimate of drug-likeness (QED) is 0.682. The van der Waals surface area contributed by atoms with Crippen molar-refractivity contribution in [3.8, 4) is 5.75 Å². The van der Waals surface area contributed by atoms with Gasteiger partial charge in [-0.1, -0.05) is 23.7 Å². The Bertz CT molecular complexity index is 814. The topological polar surface area (TPSA) is 65.9 Å². The lowest BCUT2D eigenvalue weighted by molar-refractivity contribution is -0.137. The molecule has 1 N–H and O–H groups in total. The minimum atomic E-state index is -0.314. The maximum absolute atomic E-state index is 12.3. The number of hydrogen-bond acceptors (Lipinski definition) is 5. The first kappa shape index (κ1) is 21.0. The van der Waals surface area contributed by atoms with Crippen molar-refractivity contribution in [3.05, 3.63) is 57.3 Å². The molecular weight excluding hydrogens is 446 g/mol. The van der Waals surface area contributed by atoms with Gasteiger partial charge < -0.3 is 14.7 Å². The summed E-state index contributed by atoms with van der Waals surface area (Å²) in [4.78, 5) is 20.4. The molecule has 1 aliphatic heterocycles. The summed E-state index contributed by atoms with van der Waals surface area (Å²) in [7, 11) is 1.64. The maximum atomic E-state index is 12.3. The summed E-state index contributed by atoms with van der Waals surface area (Å²) >= 11 is 9.52. The summed E-state index contributed by atoms with van der Waals surface area (Å²) in [6.07, 6.45) is 0. The molecule has 1 aromatic carbocycles. The smallest absolute Gasteiger partial charge is 0.220 e. The highest BCUT2D eigenvalue weighted by Crippen LogP contribution is 2.34. The number of piperazine rings is 1. The van der Waals surface area contributed by atoms with Gasteiger partial charge in [0.15, 0.2) is 0 Å². The molecule has 1 saturated heterocycles. The molecule has 0 aliphatic carbocycles. The molecule has 0 spiro atoms. The number of rotatable bonds is 5. The number of aliphatic hydroxyl groups excluding tert-OH is 1. The summed E-state index contributed by atoms with van der Waals surface area (Å²) < 4.78 is 5.82. The number of hydrogen-bond donors (Lipinski definition) is 1. The highest BCUT2D eigenvalue weighted by Gasteiger charge is 2.38. The van der Waals surface area contributed by atoms with Crippen molar-refractivity contribution in [2.75, 3.05) is 26.8 Å². The number of aliphatic hydroxyl groups is 1. The first-order valence-electron chi connectivity index (χ1n) is 9.01. The molecule has 1 fully saturated rings. The number of methoxy groups -OCH3 is 1. The summed E-state index contributed by atoms with van der Waals surface area (Å²) in [6, 6.07) is 10.9. The van der Waals surface area contributed by atoms with Gasteiger partial charge in [0.1, 0.15) is 15.5 Å². The van der Waals surface area contributed by atoms with Gasteiger partial charge in [-0.15, -0.1) is 0 Å². The lowest BCUT2D eigenvalue weighted by Gasteiger charge is -2.47. The van der Waals surface area contributed by atoms with Crippen LogP contribution in [0.15, 0.2) is 41.0 Å². The summed E-state index contributed by atoms with van der Waals surface area (Å²) in [5.74, 6) is 0.773. The summed E-state index contributed by atoms with van der Waals surface area (Å²) in [6.45, 7) is 3.38. The lowest BCUT2D eigenvalue weighted by atomic mass is 9.94. The van der Waals surface area contributed by atoms with Crippen LogP contribution in [0.25, 0.3) is 0 Å². The molecule has 0 bridgehead atoms. The van der Waals surface area contributed by atoms with Crippen molar-refractivity contribution in [2.24, 2.45) is 0 Å². The summed E-state index contributed by atoms with van der Waals surface area (Å²) in [5.41, 5.74) is 1.96. The van der Waals surface area contributed by atoms with E-state index in [1.165, 1.54) is 0 Å². The molecule has 0 radical (unpaired) electrons. The van der Waals surface area contributed by atoms with Crippen LogP contribution in [0.3, 0.4) is 0 Å². The normalized spacial score (nSPS) is 20.2. The van der Waals surface area contributed by atoms with Crippen molar-refractivity contribution in [1.82, 2.24) is 14.8 Å². The zero-order valence-corrected chi connectivity index (χ0v) is 18.2. The fraction of sp³-hybridized carbons (Fsp3) is 0.400. The Morgan fingerprint density at radius 1 is 1.32 bits per heavy atom. The Kier molecular flexibility index (Phi) is 6.93. The number of amides is 1. The number of benzene rings is 1. The van der Waals surface area contributed by atoms with Gasteiger partial charge in [0.25, 0.3) is 0 Å². The van der Waals surface area contributed by atoms with Crippen LogP contribution in [-0.4, -0.2) is 58.6 Å². The molecule has 2 atom stereocenters. The number of nitrogens with zero attached hydrogens (tertiary/aromatic N) is 3. The molecule has 3 rings (SSSR count). The number of carbonyl (C=O) groups is 1. The average molecular weight is 469 g/mol. The zero-order chi connectivity index (χ0) is 20.3. The molecule has 2 aromatic rings. The van der Waals surface area contributed by atoms with Crippen LogP contribution in [0.5, 0.6) is 5.75 Å². The standard InChI is InChI=1S/C20H23BrClN3O3/c1-13(27)25-8-7-24(11-14-3-5-16(28-2)6-4-14)17(12-26)20(25)15-9-18(21)23-19(22)10-15/h3-6,9-10,17,20,26H,7-8,11-12H2,1-2H3/t17-,20-/m0/s1. The van der Waals surface area contributed by atoms with Gasteiger partial charge >= 0.3 is 0 Å². The van der Waals surface area contributed by atoms with Crippen molar-refractivity contribution < 1.29 is 14.6 Å². The first-order chi connectivity index (χ1) is 13.4. The van der Waals surface area contributed by atoms with Crippen LogP contribution in [0.2, 0.25) is 5.15 Å². The minimum absolute atomic E-state index is 0.0309. The first-order valence-corrected chi connectivity index (χ1v) is 10.2. The van der Waals surface area contributed by atoms with E-state index in [4.69, 9.17) is 16.3 Å². The van der Waals surface area contributed by atoms with Gasteiger partial charge in [0, 0.05) is 26.6 Å². The number of carbonyl (C=O) groups excluding carboxylic acids is 1. The van der Waals surface area contributed by atoms with Crippen LogP contribution < -0.4 is 4.74 Å². The van der Waals surface area contributed by atoms with Gasteiger partial charge in [0.05, 0.1) is 25.8 Å². The van der Waals surface area contributed by atoms with Crippen LogP contribution >= 0.6 is 27.5 Å². The molecule has 150 valence electrons. The predicted octanol–water partition coefficient (Wildman–Crippen LogP) is 3.27. The molecule has 6 nitrogen and oxygen atoms in total. The molecule has 1 amide bonds. The van der Waals surface area contributed by atoms with Crippen LogP contribution in [0.4, 0.5) is 0 Å². The Labute approximate surface area is 178 Å². The number of aromatic nitrogens is 1. The second kappa shape index (κ2) is 9.22. The number of pyridine rings is 1. The molecule has 0 saturated carbocycles. The molecular formula is C20H23BrClN3O3. The highest BCUT2D eigenvalue weighted by molar-refractivity contribution is 9.10. The third-order valence-electron chi connectivity index (χ3n) is 5.06. The zero-order valence-electron chi connectivity index (χ0n) is 15.8. The van der Waals surface area contributed by atoms with Gasteiger partial charge in [-0.3, -0.25) is 9.69 Å². The van der Waals surface area contributed by atoms with E-state index >= 15 is 0 Å². The van der Waals surface area contributed by atoms with Crippen molar-refractivity contribution in [3.63, 3.8) is 0 Å². The lowest BCUT2D eigenvalue weighted by Crippen LogP contribution is -2.57. The molecule has 0 unspecified atom stereocenters. The molecule has 1 aromatic heterocycles. The van der Waals surface area contributed by atoms with E-state index < -0.39 is 0 Å². The monoisotopic (exact) mass is 467 g/mol. The maximum Gasteiger partial charge on any atom is 0.220 e. The highest BCUT2D eigenvalue weighted by atomic mass is 79.9. The Morgan fingerprint density at radius 2 is 2.04 bits per heavy atom. The third-order valence-corrected chi connectivity index (χ3v) is 5.66. The van der Waals surface area contributed by atoms with Gasteiger partial charge in [-0.05, 0) is 51.3 Å². The van der Waals surface area contributed by atoms with Crippen LogP contribution in [0.1, 0.15) is 24.1 Å². The molecule has 8 heteroatoms. The second-order valence-corrected chi connectivity index (χ2v) is 7.97. The van der Waals surface area contributed by atoms with Gasteiger partial charge in [0.2, 0.25) is 5.91 Å². The number of halogens is 2. The average Bonchev–Trinajstić information content (AvgIpc) is 2.67. The van der Waals surface area contributed by atoms with Crippen molar-refractivity contribution in [1.29, 1.82) is 0 Å². The van der Waals surface area contributed by atoms with E-state index in [1.807, 2.05) is 30.3 Å². The molecule has 2 heterocycles. The van der Waals surface area contributed by atoms with Crippen molar-refractivity contribution in [2.45, 2.75) is 25.6 Å². The fourth-order valence-electron chi connectivity index (χ4n) is 3.74. The molecule has 1 aliphatic rings. The van der Waals surface area contributed by atoms with E-state index in [0.717, 1.165) is 16.9 Å². The Balaban J connectivity index is 1.92. The largest absolute Gasteiger partial charge is 0.497 e. The third kappa shape index (κ3) is 4.66. The number of ether oxygens (including phenoxy) is 1. The van der Waals surface area contributed by atoms with Gasteiger partial charge in [-0.25, -0.2) is 4.98 Å². The SMILES string of the molecule is COc1ccc(CN2CCN(C(C)=O)[C@@H](c3cc(Cl)nc(Br)c3)[C@@H]2CO)cc1. The van der Waals surface area contributed by atoms with E-state index in [-0.39, 0.29) is 24.6 Å². The van der Waals surface area contributed by atoms with Crippen molar-refractivity contribution >= 4 is 33.4 Å². The van der Waals surface area contributed by atoms with E-state index in [1.54, 1.807) is 25.0 Å². The Hall–Kier alpha value is -1.67. The predicted molar refractivity (Wildman–Crippen MR) is 111 cm³/mol. The van der Waals surface area contributed by atoms with Crippen LogP contribution in [-0.2, 0) is 11.3 Å². The van der Waals surface area contributed by atoms with Crippen LogP contribution in [0, 0.1) is 0 Å². The molecule has 28 heavy (non-hydrogen) atoms.